The molecule has 0 unspecified atom stereocenters. The Labute approximate surface area is 188 Å². The van der Waals surface area contributed by atoms with E-state index in [4.69, 9.17) is 4.74 Å². The first kappa shape index (κ1) is 22.4. The van der Waals surface area contributed by atoms with Crippen molar-refractivity contribution in [3.05, 3.63) is 18.3 Å². The van der Waals surface area contributed by atoms with E-state index in [1.165, 1.54) is 31.4 Å². The number of anilines is 1. The summed E-state index contributed by atoms with van der Waals surface area (Å²) in [6, 6.07) is 3.49. The number of fused-ring (bicyclic) bond motifs is 1. The summed E-state index contributed by atoms with van der Waals surface area (Å²) in [6.45, 7) is 10.2. The van der Waals surface area contributed by atoms with Crippen LogP contribution in [-0.2, 0) is 11.3 Å². The van der Waals surface area contributed by atoms with Gasteiger partial charge in [-0.2, -0.15) is 5.10 Å². The van der Waals surface area contributed by atoms with Crippen LogP contribution >= 0.6 is 0 Å². The molecule has 9 nitrogen and oxygen atoms in total. The highest BCUT2D eigenvalue weighted by molar-refractivity contribution is 5.95. The molecule has 174 valence electrons. The maximum Gasteiger partial charge on any atom is 0.412 e. The summed E-state index contributed by atoms with van der Waals surface area (Å²) in [5, 5.41) is 15.1. The van der Waals surface area contributed by atoms with E-state index in [1.54, 1.807) is 23.0 Å². The average Bonchev–Trinajstić information content (AvgIpc) is 3.44. The third kappa shape index (κ3) is 4.82. The van der Waals surface area contributed by atoms with Crippen molar-refractivity contribution < 1.29 is 19.4 Å². The molecule has 2 aliphatic rings. The second-order valence-electron chi connectivity index (χ2n) is 9.82. The minimum Gasteiger partial charge on any atom is -0.494 e. The summed E-state index contributed by atoms with van der Waals surface area (Å²) in [4.78, 5) is 30.5. The van der Waals surface area contributed by atoms with Gasteiger partial charge in [0.15, 0.2) is 0 Å². The molecule has 0 spiro atoms. The second-order valence-corrected chi connectivity index (χ2v) is 9.82. The molecule has 1 aliphatic carbocycles. The van der Waals surface area contributed by atoms with E-state index in [1.807, 2.05) is 25.7 Å². The van der Waals surface area contributed by atoms with Crippen LogP contribution in [0, 0.1) is 5.92 Å². The zero-order valence-corrected chi connectivity index (χ0v) is 19.4. The molecule has 2 amide bonds. The Morgan fingerprint density at radius 3 is 2.44 bits per heavy atom. The molecule has 1 aromatic carbocycles. The molecule has 1 aliphatic heterocycles. The molecule has 0 atom stereocenters. The fraction of sp³-hybridized carbons (Fsp3) is 0.609. The van der Waals surface area contributed by atoms with Crippen LogP contribution in [0.1, 0.15) is 33.6 Å². The SMILES string of the molecule is COc1cc2nn(CC(=O)N3CCN(CC4CC4)CC3)cc2cc1N(C(=O)O)C(C)(C)C. The van der Waals surface area contributed by atoms with Crippen LogP contribution in [0.15, 0.2) is 18.3 Å². The summed E-state index contributed by atoms with van der Waals surface area (Å²) in [7, 11) is 1.51. The fourth-order valence-electron chi connectivity index (χ4n) is 4.35. The van der Waals surface area contributed by atoms with Gasteiger partial charge in [-0.15, -0.1) is 0 Å². The summed E-state index contributed by atoms with van der Waals surface area (Å²) in [5.41, 5.74) is 0.463. The monoisotopic (exact) mass is 443 g/mol. The van der Waals surface area contributed by atoms with Gasteiger partial charge in [0, 0.05) is 55.9 Å². The molecule has 4 rings (SSSR count). The normalized spacial score (nSPS) is 17.6. The van der Waals surface area contributed by atoms with E-state index < -0.39 is 11.6 Å². The topological polar surface area (TPSA) is 91.1 Å². The first-order valence-corrected chi connectivity index (χ1v) is 11.2. The van der Waals surface area contributed by atoms with Crippen LogP contribution in [0.25, 0.3) is 10.9 Å². The first-order chi connectivity index (χ1) is 15.2. The van der Waals surface area contributed by atoms with Gasteiger partial charge in [0.1, 0.15) is 12.3 Å². The Bertz CT molecular complexity index is 1000. The highest BCUT2D eigenvalue weighted by atomic mass is 16.5. The largest absolute Gasteiger partial charge is 0.494 e. The Balaban J connectivity index is 1.49. The van der Waals surface area contributed by atoms with E-state index in [0.29, 0.717) is 17.0 Å². The van der Waals surface area contributed by atoms with Gasteiger partial charge < -0.3 is 14.7 Å². The lowest BCUT2D eigenvalue weighted by molar-refractivity contribution is -0.133. The van der Waals surface area contributed by atoms with Gasteiger partial charge in [-0.05, 0) is 45.6 Å². The molecule has 2 heterocycles. The van der Waals surface area contributed by atoms with Crippen LogP contribution in [0.5, 0.6) is 5.75 Å². The number of nitrogens with zero attached hydrogens (tertiary/aromatic N) is 5. The highest BCUT2D eigenvalue weighted by Gasteiger charge is 2.31. The smallest absolute Gasteiger partial charge is 0.412 e. The van der Waals surface area contributed by atoms with Crippen molar-refractivity contribution in [2.45, 2.75) is 45.7 Å². The van der Waals surface area contributed by atoms with Crippen LogP contribution < -0.4 is 9.64 Å². The van der Waals surface area contributed by atoms with Gasteiger partial charge in [0.05, 0.1) is 18.3 Å². The van der Waals surface area contributed by atoms with Crippen molar-refractivity contribution >= 4 is 28.6 Å². The standard InChI is InChI=1S/C23H33N5O4/c1-23(2,3)28(22(30)31)19-11-17-14-27(24-18(17)12-20(19)32-4)15-21(29)26-9-7-25(8-10-26)13-16-5-6-16/h11-12,14,16H,5-10,13,15H2,1-4H3,(H,30,31). The molecule has 1 aromatic heterocycles. The van der Waals surface area contributed by atoms with E-state index in [9.17, 15) is 14.7 Å². The van der Waals surface area contributed by atoms with E-state index in [0.717, 1.165) is 37.5 Å². The number of amides is 2. The quantitative estimate of drug-likeness (QED) is 0.738. The highest BCUT2D eigenvalue weighted by Crippen LogP contribution is 2.36. The molecule has 2 fully saturated rings. The van der Waals surface area contributed by atoms with E-state index in [2.05, 4.69) is 10.00 Å². The number of carbonyl (C=O) groups excluding carboxylic acids is 1. The van der Waals surface area contributed by atoms with Crippen molar-refractivity contribution in [1.82, 2.24) is 19.6 Å². The van der Waals surface area contributed by atoms with Gasteiger partial charge in [0.2, 0.25) is 5.91 Å². The van der Waals surface area contributed by atoms with Crippen LogP contribution in [0.2, 0.25) is 0 Å². The van der Waals surface area contributed by atoms with Crippen molar-refractivity contribution in [3.63, 3.8) is 0 Å². The molecule has 9 heteroatoms. The molecule has 1 saturated carbocycles. The Hall–Kier alpha value is -2.81. The number of benzene rings is 1. The lowest BCUT2D eigenvalue weighted by Crippen LogP contribution is -2.49. The minimum atomic E-state index is -1.06. The maximum absolute atomic E-state index is 12.8. The van der Waals surface area contributed by atoms with E-state index >= 15 is 0 Å². The first-order valence-electron chi connectivity index (χ1n) is 11.2. The number of aromatic nitrogens is 2. The predicted molar refractivity (Wildman–Crippen MR) is 122 cm³/mol. The molecule has 1 N–H and O–H groups in total. The van der Waals surface area contributed by atoms with Crippen molar-refractivity contribution in [2.24, 2.45) is 5.92 Å². The summed E-state index contributed by atoms with van der Waals surface area (Å²) >= 11 is 0. The van der Waals surface area contributed by atoms with Crippen LogP contribution in [0.3, 0.4) is 0 Å². The fourth-order valence-corrected chi connectivity index (χ4v) is 4.35. The Kier molecular flexibility index (Phi) is 6.03. The Morgan fingerprint density at radius 1 is 1.19 bits per heavy atom. The zero-order chi connectivity index (χ0) is 23.0. The van der Waals surface area contributed by atoms with Crippen molar-refractivity contribution in [3.8, 4) is 5.75 Å². The minimum absolute atomic E-state index is 0.0536. The van der Waals surface area contributed by atoms with Gasteiger partial charge in [-0.25, -0.2) is 4.79 Å². The molecule has 0 radical (unpaired) electrons. The number of ether oxygens (including phenoxy) is 1. The molecule has 2 aromatic rings. The number of carbonyl (C=O) groups is 2. The third-order valence-corrected chi connectivity index (χ3v) is 6.19. The maximum atomic E-state index is 12.8. The molecular weight excluding hydrogens is 410 g/mol. The van der Waals surface area contributed by atoms with Crippen molar-refractivity contribution in [1.29, 1.82) is 0 Å². The second kappa shape index (κ2) is 8.61. The number of hydrogen-bond acceptors (Lipinski definition) is 5. The number of rotatable bonds is 6. The average molecular weight is 444 g/mol. The predicted octanol–water partition coefficient (Wildman–Crippen LogP) is 2.88. The summed E-state index contributed by atoms with van der Waals surface area (Å²) < 4.78 is 7.11. The number of carboxylic acid groups (broad SMARTS) is 1. The molecule has 1 saturated heterocycles. The zero-order valence-electron chi connectivity index (χ0n) is 19.4. The number of methoxy groups -OCH3 is 1. The van der Waals surface area contributed by atoms with Crippen LogP contribution in [0.4, 0.5) is 10.5 Å². The number of piperazine rings is 1. The van der Waals surface area contributed by atoms with Gasteiger partial charge in [-0.3, -0.25) is 19.3 Å². The summed E-state index contributed by atoms with van der Waals surface area (Å²) in [6.07, 6.45) is 3.43. The molecular formula is C23H33N5O4. The Morgan fingerprint density at radius 2 is 1.88 bits per heavy atom. The molecule has 0 bridgehead atoms. The lowest BCUT2D eigenvalue weighted by Gasteiger charge is -2.34. The van der Waals surface area contributed by atoms with Gasteiger partial charge >= 0.3 is 6.09 Å². The molecule has 32 heavy (non-hydrogen) atoms. The van der Waals surface area contributed by atoms with Gasteiger partial charge in [-0.1, -0.05) is 0 Å². The third-order valence-electron chi connectivity index (χ3n) is 6.19. The van der Waals surface area contributed by atoms with Crippen molar-refractivity contribution in [2.75, 3.05) is 44.7 Å². The van der Waals surface area contributed by atoms with E-state index in [-0.39, 0.29) is 12.5 Å². The van der Waals surface area contributed by atoms with Gasteiger partial charge in [0.25, 0.3) is 0 Å². The summed E-state index contributed by atoms with van der Waals surface area (Å²) in [5.74, 6) is 1.35. The van der Waals surface area contributed by atoms with Crippen LogP contribution in [-0.4, -0.2) is 82.1 Å². The lowest BCUT2D eigenvalue weighted by atomic mass is 10.0. The number of hydrogen-bond donors (Lipinski definition) is 1.